The predicted molar refractivity (Wildman–Crippen MR) is 53.1 cm³/mol. The van der Waals surface area contributed by atoms with Crippen molar-refractivity contribution in [2.75, 3.05) is 13.1 Å². The summed E-state index contributed by atoms with van der Waals surface area (Å²) >= 11 is 0. The largest absolute Gasteiger partial charge is 0.330 e. The molecule has 0 aliphatic heterocycles. The average molecular weight is 170 g/mol. The van der Waals surface area contributed by atoms with Gasteiger partial charge in [-0.05, 0) is 44.7 Å². The summed E-state index contributed by atoms with van der Waals surface area (Å²) in [6, 6.07) is 0.846. The first-order chi connectivity index (χ1) is 5.83. The van der Waals surface area contributed by atoms with E-state index in [1.54, 1.807) is 0 Å². The van der Waals surface area contributed by atoms with E-state index < -0.39 is 0 Å². The molecule has 1 rings (SSSR count). The van der Waals surface area contributed by atoms with Crippen LogP contribution in [0.1, 0.15) is 39.0 Å². The Hall–Kier alpha value is -0.0800. The van der Waals surface area contributed by atoms with Crippen LogP contribution in [0.2, 0.25) is 0 Å². The van der Waals surface area contributed by atoms with Crippen molar-refractivity contribution in [3.63, 3.8) is 0 Å². The van der Waals surface area contributed by atoms with Gasteiger partial charge in [0.15, 0.2) is 0 Å². The van der Waals surface area contributed by atoms with Gasteiger partial charge in [0.2, 0.25) is 0 Å². The van der Waals surface area contributed by atoms with Gasteiger partial charge in [0, 0.05) is 6.04 Å². The molecule has 1 aliphatic carbocycles. The molecule has 12 heavy (non-hydrogen) atoms. The first kappa shape index (κ1) is 10.0. The van der Waals surface area contributed by atoms with Gasteiger partial charge in [-0.1, -0.05) is 13.3 Å². The zero-order valence-corrected chi connectivity index (χ0v) is 8.18. The highest BCUT2D eigenvalue weighted by molar-refractivity contribution is 4.75. The van der Waals surface area contributed by atoms with Crippen LogP contribution in [0.4, 0.5) is 0 Å². The first-order valence-electron chi connectivity index (χ1n) is 5.26. The van der Waals surface area contributed by atoms with Crippen LogP contribution < -0.4 is 11.1 Å². The van der Waals surface area contributed by atoms with Crippen molar-refractivity contribution in [3.05, 3.63) is 0 Å². The van der Waals surface area contributed by atoms with Crippen LogP contribution in [0.15, 0.2) is 0 Å². The van der Waals surface area contributed by atoms with Gasteiger partial charge in [-0.15, -0.1) is 0 Å². The fourth-order valence-corrected chi connectivity index (χ4v) is 1.49. The Labute approximate surface area is 75.9 Å². The van der Waals surface area contributed by atoms with E-state index in [-0.39, 0.29) is 0 Å². The van der Waals surface area contributed by atoms with Crippen molar-refractivity contribution in [2.24, 2.45) is 11.7 Å². The third kappa shape index (κ3) is 3.55. The highest BCUT2D eigenvalue weighted by Crippen LogP contribution is 2.17. The molecule has 0 aromatic carbocycles. The maximum absolute atomic E-state index is 5.53. The van der Waals surface area contributed by atoms with Gasteiger partial charge >= 0.3 is 0 Å². The molecule has 0 radical (unpaired) electrons. The molecule has 2 heteroatoms. The second-order valence-electron chi connectivity index (χ2n) is 4.07. The zero-order valence-electron chi connectivity index (χ0n) is 8.18. The fraction of sp³-hybridized carbons (Fsp3) is 1.00. The molecule has 72 valence electrons. The van der Waals surface area contributed by atoms with E-state index in [0.29, 0.717) is 5.92 Å². The Morgan fingerprint density at radius 3 is 2.75 bits per heavy atom. The lowest BCUT2D eigenvalue weighted by molar-refractivity contribution is 0.333. The number of hydrogen-bond donors (Lipinski definition) is 2. The van der Waals surface area contributed by atoms with E-state index >= 15 is 0 Å². The molecule has 0 heterocycles. The Balaban J connectivity index is 1.82. The minimum absolute atomic E-state index is 0.702. The van der Waals surface area contributed by atoms with Crippen molar-refractivity contribution in [3.8, 4) is 0 Å². The van der Waals surface area contributed by atoms with Crippen molar-refractivity contribution >= 4 is 0 Å². The summed E-state index contributed by atoms with van der Waals surface area (Å²) in [7, 11) is 0. The molecule has 2 nitrogen and oxygen atoms in total. The van der Waals surface area contributed by atoms with Crippen molar-refractivity contribution < 1.29 is 0 Å². The molecular weight excluding hydrogens is 148 g/mol. The molecule has 0 amide bonds. The van der Waals surface area contributed by atoms with E-state index in [1.165, 1.54) is 38.6 Å². The van der Waals surface area contributed by atoms with E-state index in [0.717, 1.165) is 12.6 Å². The summed E-state index contributed by atoms with van der Waals surface area (Å²) in [5.74, 6) is 0.702. The van der Waals surface area contributed by atoms with Gasteiger partial charge in [-0.2, -0.15) is 0 Å². The summed E-state index contributed by atoms with van der Waals surface area (Å²) in [6.45, 7) is 4.25. The number of nitrogens with two attached hydrogens (primary N) is 1. The maximum atomic E-state index is 5.53. The number of hydrogen-bond acceptors (Lipinski definition) is 2. The Kier molecular flexibility index (Phi) is 4.62. The van der Waals surface area contributed by atoms with Crippen molar-refractivity contribution in [1.29, 1.82) is 0 Å². The van der Waals surface area contributed by atoms with Gasteiger partial charge in [-0.3, -0.25) is 0 Å². The smallest absolute Gasteiger partial charge is 0.00670 e. The van der Waals surface area contributed by atoms with Gasteiger partial charge in [0.1, 0.15) is 0 Å². The lowest BCUT2D eigenvalue weighted by Crippen LogP contribution is -2.35. The monoisotopic (exact) mass is 170 g/mol. The molecule has 1 fully saturated rings. The van der Waals surface area contributed by atoms with Crippen LogP contribution in [-0.4, -0.2) is 19.1 Å². The summed E-state index contributed by atoms with van der Waals surface area (Å²) in [5.41, 5.74) is 5.53. The molecule has 1 saturated carbocycles. The van der Waals surface area contributed by atoms with Crippen LogP contribution in [0.25, 0.3) is 0 Å². The number of nitrogens with one attached hydrogen (secondary N) is 1. The van der Waals surface area contributed by atoms with Crippen LogP contribution in [0.5, 0.6) is 0 Å². The fourth-order valence-electron chi connectivity index (χ4n) is 1.49. The molecule has 1 aliphatic rings. The van der Waals surface area contributed by atoms with Crippen LogP contribution >= 0.6 is 0 Å². The van der Waals surface area contributed by atoms with Crippen molar-refractivity contribution in [1.82, 2.24) is 5.32 Å². The van der Waals surface area contributed by atoms with Gasteiger partial charge in [0.05, 0.1) is 0 Å². The van der Waals surface area contributed by atoms with Gasteiger partial charge in [-0.25, -0.2) is 0 Å². The van der Waals surface area contributed by atoms with E-state index in [9.17, 15) is 0 Å². The Bertz CT molecular complexity index is 104. The van der Waals surface area contributed by atoms with Crippen LogP contribution in [0, 0.1) is 5.92 Å². The molecule has 0 bridgehead atoms. The van der Waals surface area contributed by atoms with E-state index in [4.69, 9.17) is 5.73 Å². The third-order valence-electron chi connectivity index (χ3n) is 2.81. The molecule has 0 aromatic rings. The summed E-state index contributed by atoms with van der Waals surface area (Å²) in [6.07, 6.45) is 6.78. The Morgan fingerprint density at radius 2 is 2.25 bits per heavy atom. The molecule has 1 atom stereocenters. The molecule has 0 aromatic heterocycles. The van der Waals surface area contributed by atoms with Crippen molar-refractivity contribution in [2.45, 2.75) is 45.1 Å². The van der Waals surface area contributed by atoms with E-state index in [1.807, 2.05) is 0 Å². The minimum Gasteiger partial charge on any atom is -0.330 e. The average Bonchev–Trinajstić information content (AvgIpc) is 2.00. The summed E-state index contributed by atoms with van der Waals surface area (Å²) < 4.78 is 0. The highest BCUT2D eigenvalue weighted by atomic mass is 14.9. The summed E-state index contributed by atoms with van der Waals surface area (Å²) in [5, 5.41) is 3.56. The quantitative estimate of drug-likeness (QED) is 0.593. The molecular formula is C10H22N2. The first-order valence-corrected chi connectivity index (χ1v) is 5.26. The topological polar surface area (TPSA) is 38.0 Å². The molecule has 3 N–H and O–H groups in total. The lowest BCUT2D eigenvalue weighted by Gasteiger charge is -2.26. The molecule has 1 unspecified atom stereocenters. The second kappa shape index (κ2) is 5.55. The molecule has 0 saturated heterocycles. The molecule has 0 spiro atoms. The Morgan fingerprint density at radius 1 is 1.50 bits per heavy atom. The normalized spacial score (nSPS) is 20.5. The van der Waals surface area contributed by atoms with Gasteiger partial charge < -0.3 is 11.1 Å². The van der Waals surface area contributed by atoms with E-state index in [2.05, 4.69) is 12.2 Å². The standard InChI is InChI=1S/C10H22N2/c1-9(8-11)4-3-7-12-10-5-2-6-10/h9-10,12H,2-8,11H2,1H3. The van der Waals surface area contributed by atoms with Crippen LogP contribution in [0.3, 0.4) is 0 Å². The minimum atomic E-state index is 0.702. The second-order valence-corrected chi connectivity index (χ2v) is 4.07. The van der Waals surface area contributed by atoms with Crippen LogP contribution in [-0.2, 0) is 0 Å². The summed E-state index contributed by atoms with van der Waals surface area (Å²) in [4.78, 5) is 0. The highest BCUT2D eigenvalue weighted by Gasteiger charge is 2.15. The maximum Gasteiger partial charge on any atom is 0.00670 e. The zero-order chi connectivity index (χ0) is 8.81. The third-order valence-corrected chi connectivity index (χ3v) is 2.81. The van der Waals surface area contributed by atoms with Gasteiger partial charge in [0.25, 0.3) is 0 Å². The lowest BCUT2D eigenvalue weighted by atomic mass is 9.93. The number of rotatable bonds is 6. The SMILES string of the molecule is CC(CN)CCCNC1CCC1. The predicted octanol–water partition coefficient (Wildman–Crippen LogP) is 1.50.